The molecule has 7 heteroatoms. The molecule has 0 radical (unpaired) electrons. The summed E-state index contributed by atoms with van der Waals surface area (Å²) in [6.07, 6.45) is 0. The number of carbonyl (C=O) groups excluding carboxylic acids is 1. The lowest BCUT2D eigenvalue weighted by Crippen LogP contribution is -2.30. The van der Waals surface area contributed by atoms with Crippen LogP contribution in [0.4, 0.5) is 0 Å². The van der Waals surface area contributed by atoms with Gasteiger partial charge in [0.1, 0.15) is 16.5 Å². The van der Waals surface area contributed by atoms with E-state index in [0.717, 1.165) is 11.3 Å². The van der Waals surface area contributed by atoms with E-state index in [9.17, 15) is 9.59 Å². The molecule has 1 rings (SSSR count). The third-order valence-corrected chi connectivity index (χ3v) is 3.52. The molecule has 0 saturated heterocycles. The molecule has 0 spiro atoms. The van der Waals surface area contributed by atoms with Gasteiger partial charge in [0.2, 0.25) is 5.91 Å². The molecule has 0 bridgehead atoms. The van der Waals surface area contributed by atoms with E-state index in [4.69, 9.17) is 9.84 Å². The summed E-state index contributed by atoms with van der Waals surface area (Å²) in [5, 5.41) is 12.2. The van der Waals surface area contributed by atoms with Crippen molar-refractivity contribution in [3.05, 3.63) is 15.6 Å². The van der Waals surface area contributed by atoms with Gasteiger partial charge >= 0.3 is 5.97 Å². The molecule has 1 atom stereocenters. The van der Waals surface area contributed by atoms with Crippen LogP contribution >= 0.6 is 11.3 Å². The van der Waals surface area contributed by atoms with E-state index in [1.165, 1.54) is 0 Å². The van der Waals surface area contributed by atoms with Crippen molar-refractivity contribution in [2.24, 2.45) is 0 Å². The number of carbonyl (C=O) groups is 2. The Morgan fingerprint density at radius 3 is 2.72 bits per heavy atom. The van der Waals surface area contributed by atoms with Crippen LogP contribution in [0.5, 0.6) is 0 Å². The zero-order chi connectivity index (χ0) is 13.7. The maximum absolute atomic E-state index is 11.4. The van der Waals surface area contributed by atoms with Crippen LogP contribution < -0.4 is 5.32 Å². The molecule has 1 aromatic heterocycles. The van der Waals surface area contributed by atoms with Gasteiger partial charge in [0.25, 0.3) is 0 Å². The zero-order valence-corrected chi connectivity index (χ0v) is 11.3. The first kappa shape index (κ1) is 14.6. The number of nitrogens with one attached hydrogen (secondary N) is 1. The van der Waals surface area contributed by atoms with Gasteiger partial charge in [0.15, 0.2) is 0 Å². The van der Waals surface area contributed by atoms with Gasteiger partial charge in [0.05, 0.1) is 11.7 Å². The van der Waals surface area contributed by atoms with Gasteiger partial charge in [-0.05, 0) is 20.8 Å². The van der Waals surface area contributed by atoms with E-state index in [1.807, 2.05) is 0 Å². The lowest BCUT2D eigenvalue weighted by atomic mass is 10.3. The fraction of sp³-hybridized carbons (Fsp3) is 0.545. The summed E-state index contributed by atoms with van der Waals surface area (Å²) >= 11 is 1.08. The van der Waals surface area contributed by atoms with Gasteiger partial charge in [-0.2, -0.15) is 0 Å². The maximum atomic E-state index is 11.4. The Balaban J connectivity index is 2.67. The summed E-state index contributed by atoms with van der Waals surface area (Å²) in [5.74, 6) is -1.24. The van der Waals surface area contributed by atoms with E-state index in [1.54, 1.807) is 20.8 Å². The van der Waals surface area contributed by atoms with Gasteiger partial charge < -0.3 is 15.2 Å². The van der Waals surface area contributed by atoms with Gasteiger partial charge in [-0.25, -0.2) is 9.78 Å². The van der Waals surface area contributed by atoms with E-state index in [2.05, 4.69) is 10.3 Å². The monoisotopic (exact) mass is 272 g/mol. The SMILES string of the molecule is CCOCC(=O)NC(C)c1nc(C)c(C(=O)O)s1. The molecule has 1 aromatic rings. The van der Waals surface area contributed by atoms with Crippen molar-refractivity contribution in [2.75, 3.05) is 13.2 Å². The Hall–Kier alpha value is -1.47. The van der Waals surface area contributed by atoms with Crippen molar-refractivity contribution in [3.8, 4) is 0 Å². The standard InChI is InChI=1S/C11H16N2O4S/c1-4-17-5-8(14)12-7(3)10-13-6(2)9(18-10)11(15)16/h7H,4-5H2,1-3H3,(H,12,14)(H,15,16). The molecule has 0 fully saturated rings. The Kier molecular flexibility index (Phi) is 5.24. The highest BCUT2D eigenvalue weighted by Crippen LogP contribution is 2.23. The Morgan fingerprint density at radius 1 is 1.56 bits per heavy atom. The van der Waals surface area contributed by atoms with Crippen LogP contribution in [-0.2, 0) is 9.53 Å². The first-order valence-electron chi connectivity index (χ1n) is 5.53. The van der Waals surface area contributed by atoms with Crippen LogP contribution in [0.3, 0.4) is 0 Å². The topological polar surface area (TPSA) is 88.5 Å². The van der Waals surface area contributed by atoms with E-state index in [-0.39, 0.29) is 23.4 Å². The minimum Gasteiger partial charge on any atom is -0.477 e. The molecule has 2 N–H and O–H groups in total. The molecule has 1 unspecified atom stereocenters. The number of rotatable bonds is 6. The number of amides is 1. The first-order chi connectivity index (χ1) is 8.45. The summed E-state index contributed by atoms with van der Waals surface area (Å²) in [6, 6.07) is -0.324. The third kappa shape index (κ3) is 3.78. The molecule has 0 aliphatic rings. The largest absolute Gasteiger partial charge is 0.477 e. The number of carboxylic acid groups (broad SMARTS) is 1. The summed E-state index contributed by atoms with van der Waals surface area (Å²) in [7, 11) is 0. The normalized spacial score (nSPS) is 12.2. The van der Waals surface area contributed by atoms with Crippen molar-refractivity contribution in [1.82, 2.24) is 10.3 Å². The summed E-state index contributed by atoms with van der Waals surface area (Å²) in [5.41, 5.74) is 0.466. The van der Waals surface area contributed by atoms with Crippen LogP contribution in [0, 0.1) is 6.92 Å². The summed E-state index contributed by atoms with van der Waals surface area (Å²) < 4.78 is 4.98. The molecule has 100 valence electrons. The summed E-state index contributed by atoms with van der Waals surface area (Å²) in [4.78, 5) is 26.7. The average molecular weight is 272 g/mol. The van der Waals surface area contributed by atoms with Crippen molar-refractivity contribution >= 4 is 23.2 Å². The molecule has 0 aliphatic heterocycles. The number of nitrogens with zero attached hydrogens (tertiary/aromatic N) is 1. The average Bonchev–Trinajstić information content (AvgIpc) is 2.68. The Labute approximate surface area is 109 Å². The van der Waals surface area contributed by atoms with Gasteiger partial charge in [-0.15, -0.1) is 11.3 Å². The molecular formula is C11H16N2O4S. The van der Waals surface area contributed by atoms with Crippen LogP contribution in [0.25, 0.3) is 0 Å². The predicted octanol–water partition coefficient (Wildman–Crippen LogP) is 1.36. The van der Waals surface area contributed by atoms with Crippen LogP contribution in [0.2, 0.25) is 0 Å². The number of aromatic carboxylic acids is 1. The third-order valence-electron chi connectivity index (χ3n) is 2.19. The summed E-state index contributed by atoms with van der Waals surface area (Å²) in [6.45, 7) is 5.67. The van der Waals surface area contributed by atoms with Gasteiger partial charge in [-0.1, -0.05) is 0 Å². The van der Waals surface area contributed by atoms with Gasteiger partial charge in [-0.3, -0.25) is 4.79 Å². The smallest absolute Gasteiger partial charge is 0.347 e. The molecule has 0 aromatic carbocycles. The number of ether oxygens (including phenoxy) is 1. The number of hydrogen-bond donors (Lipinski definition) is 2. The highest BCUT2D eigenvalue weighted by atomic mass is 32.1. The molecule has 1 amide bonds. The van der Waals surface area contributed by atoms with Crippen molar-refractivity contribution in [2.45, 2.75) is 26.8 Å². The molecule has 0 aliphatic carbocycles. The Bertz CT molecular complexity index is 444. The first-order valence-corrected chi connectivity index (χ1v) is 6.35. The molecule has 18 heavy (non-hydrogen) atoms. The van der Waals surface area contributed by atoms with Crippen molar-refractivity contribution < 1.29 is 19.4 Å². The second-order valence-corrected chi connectivity index (χ2v) is 4.73. The molecular weight excluding hydrogens is 256 g/mol. The van der Waals surface area contributed by atoms with Crippen LogP contribution in [-0.4, -0.2) is 35.2 Å². The highest BCUT2D eigenvalue weighted by Gasteiger charge is 2.18. The number of aromatic nitrogens is 1. The van der Waals surface area contributed by atoms with Crippen molar-refractivity contribution in [1.29, 1.82) is 0 Å². The fourth-order valence-corrected chi connectivity index (χ4v) is 2.25. The molecule has 1 heterocycles. The van der Waals surface area contributed by atoms with Crippen LogP contribution in [0.15, 0.2) is 0 Å². The predicted molar refractivity (Wildman–Crippen MR) is 66.9 cm³/mol. The number of hydrogen-bond acceptors (Lipinski definition) is 5. The number of aryl methyl sites for hydroxylation is 1. The minimum atomic E-state index is -0.996. The molecule has 0 saturated carbocycles. The van der Waals surface area contributed by atoms with E-state index >= 15 is 0 Å². The molecule has 6 nitrogen and oxygen atoms in total. The van der Waals surface area contributed by atoms with E-state index < -0.39 is 5.97 Å². The van der Waals surface area contributed by atoms with Crippen LogP contribution in [0.1, 0.15) is 40.3 Å². The van der Waals surface area contributed by atoms with Gasteiger partial charge in [0, 0.05) is 6.61 Å². The fourth-order valence-electron chi connectivity index (χ4n) is 1.34. The lowest BCUT2D eigenvalue weighted by molar-refractivity contribution is -0.126. The quantitative estimate of drug-likeness (QED) is 0.816. The second kappa shape index (κ2) is 6.46. The number of carboxylic acids is 1. The van der Waals surface area contributed by atoms with Crippen molar-refractivity contribution in [3.63, 3.8) is 0 Å². The zero-order valence-electron chi connectivity index (χ0n) is 10.5. The maximum Gasteiger partial charge on any atom is 0.347 e. The highest BCUT2D eigenvalue weighted by molar-refractivity contribution is 7.13. The minimum absolute atomic E-state index is 0.00299. The second-order valence-electron chi connectivity index (χ2n) is 3.70. The lowest BCUT2D eigenvalue weighted by Gasteiger charge is -2.10. The number of thiazole rings is 1. The Morgan fingerprint density at radius 2 is 2.22 bits per heavy atom. The van der Waals surface area contributed by atoms with E-state index in [0.29, 0.717) is 17.3 Å².